The maximum atomic E-state index is 12.1. The molecule has 0 aliphatic heterocycles. The summed E-state index contributed by atoms with van der Waals surface area (Å²) >= 11 is 3.37. The highest BCUT2D eigenvalue weighted by Gasteiger charge is 2.19. The lowest BCUT2D eigenvalue weighted by atomic mass is 9.96. The standard InChI is InChI=1S/C13H20BrN3O/c1-17-9-11(14)12(16-17)13(18)15-10-7-5-3-2-4-6-8-10/h9-10H,2-8H2,1H3,(H,15,18). The van der Waals surface area contributed by atoms with Gasteiger partial charge < -0.3 is 5.32 Å². The van der Waals surface area contributed by atoms with Gasteiger partial charge in [0.2, 0.25) is 0 Å². The van der Waals surface area contributed by atoms with Gasteiger partial charge >= 0.3 is 0 Å². The fraction of sp³-hybridized carbons (Fsp3) is 0.692. The third-order valence-electron chi connectivity index (χ3n) is 3.44. The van der Waals surface area contributed by atoms with Gasteiger partial charge in [0.25, 0.3) is 5.91 Å². The maximum absolute atomic E-state index is 12.1. The van der Waals surface area contributed by atoms with Crippen molar-refractivity contribution >= 4 is 21.8 Å². The number of carbonyl (C=O) groups is 1. The molecular weight excluding hydrogens is 294 g/mol. The summed E-state index contributed by atoms with van der Waals surface area (Å²) in [6.07, 6.45) is 10.3. The maximum Gasteiger partial charge on any atom is 0.273 e. The molecule has 1 N–H and O–H groups in total. The summed E-state index contributed by atoms with van der Waals surface area (Å²) in [5.74, 6) is -0.0620. The van der Waals surface area contributed by atoms with E-state index in [9.17, 15) is 4.79 Å². The van der Waals surface area contributed by atoms with Crippen molar-refractivity contribution in [2.45, 2.75) is 51.0 Å². The van der Waals surface area contributed by atoms with E-state index in [-0.39, 0.29) is 5.91 Å². The molecule has 0 spiro atoms. The molecule has 18 heavy (non-hydrogen) atoms. The fourth-order valence-electron chi connectivity index (χ4n) is 2.47. The van der Waals surface area contributed by atoms with Gasteiger partial charge in [0.05, 0.1) is 4.47 Å². The number of hydrogen-bond donors (Lipinski definition) is 1. The number of nitrogens with zero attached hydrogens (tertiary/aromatic N) is 2. The van der Waals surface area contributed by atoms with Gasteiger partial charge in [0, 0.05) is 19.3 Å². The van der Waals surface area contributed by atoms with Crippen LogP contribution < -0.4 is 5.32 Å². The van der Waals surface area contributed by atoms with Gasteiger partial charge in [-0.05, 0) is 28.8 Å². The van der Waals surface area contributed by atoms with Crippen molar-refractivity contribution in [3.63, 3.8) is 0 Å². The molecule has 2 rings (SSSR count). The second kappa shape index (κ2) is 6.36. The summed E-state index contributed by atoms with van der Waals surface area (Å²) in [6, 6.07) is 0.312. The van der Waals surface area contributed by atoms with Crippen LogP contribution in [-0.4, -0.2) is 21.7 Å². The average molecular weight is 314 g/mol. The first kappa shape index (κ1) is 13.6. The summed E-state index contributed by atoms with van der Waals surface area (Å²) in [6.45, 7) is 0. The summed E-state index contributed by atoms with van der Waals surface area (Å²) in [4.78, 5) is 12.1. The van der Waals surface area contributed by atoms with E-state index >= 15 is 0 Å². The second-order valence-corrected chi connectivity index (χ2v) is 5.87. The molecule has 1 amide bonds. The van der Waals surface area contributed by atoms with Gasteiger partial charge in [-0.25, -0.2) is 0 Å². The summed E-state index contributed by atoms with van der Waals surface area (Å²) < 4.78 is 2.41. The SMILES string of the molecule is Cn1cc(Br)c(C(=O)NC2CCCCCCC2)n1. The fourth-order valence-corrected chi connectivity index (χ4v) is 3.02. The molecule has 0 atom stereocenters. The molecule has 0 bridgehead atoms. The number of carbonyl (C=O) groups excluding carboxylic acids is 1. The van der Waals surface area contributed by atoms with E-state index in [4.69, 9.17) is 0 Å². The minimum absolute atomic E-state index is 0.0620. The average Bonchev–Trinajstić information content (AvgIpc) is 2.61. The number of hydrogen-bond acceptors (Lipinski definition) is 2. The molecule has 1 aromatic heterocycles. The second-order valence-electron chi connectivity index (χ2n) is 5.01. The van der Waals surface area contributed by atoms with Crippen molar-refractivity contribution in [1.82, 2.24) is 15.1 Å². The van der Waals surface area contributed by atoms with Gasteiger partial charge in [0.1, 0.15) is 0 Å². The van der Waals surface area contributed by atoms with Crippen molar-refractivity contribution in [2.75, 3.05) is 0 Å². The van der Waals surface area contributed by atoms with Crippen LogP contribution in [0.25, 0.3) is 0 Å². The topological polar surface area (TPSA) is 46.9 Å². The number of halogens is 1. The van der Waals surface area contributed by atoms with Crippen molar-refractivity contribution in [3.8, 4) is 0 Å². The lowest BCUT2D eigenvalue weighted by Crippen LogP contribution is -2.35. The molecule has 1 saturated carbocycles. The molecule has 1 aliphatic rings. The Kier molecular flexibility index (Phi) is 4.80. The predicted octanol–water partition coefficient (Wildman–Crippen LogP) is 3.03. The smallest absolute Gasteiger partial charge is 0.273 e. The lowest BCUT2D eigenvalue weighted by molar-refractivity contribution is 0.0924. The molecule has 0 radical (unpaired) electrons. The Bertz CT molecular complexity index is 408. The molecule has 0 aromatic carbocycles. The minimum Gasteiger partial charge on any atom is -0.348 e. The van der Waals surface area contributed by atoms with E-state index in [1.54, 1.807) is 10.9 Å². The van der Waals surface area contributed by atoms with Crippen LogP contribution in [0.5, 0.6) is 0 Å². The van der Waals surface area contributed by atoms with Crippen molar-refractivity contribution < 1.29 is 4.79 Å². The van der Waals surface area contributed by atoms with E-state index in [0.717, 1.165) is 17.3 Å². The summed E-state index contributed by atoms with van der Waals surface area (Å²) in [5.41, 5.74) is 0.486. The number of aryl methyl sites for hydroxylation is 1. The van der Waals surface area contributed by atoms with E-state index < -0.39 is 0 Å². The molecule has 0 unspecified atom stereocenters. The predicted molar refractivity (Wildman–Crippen MR) is 74.5 cm³/mol. The first-order valence-electron chi connectivity index (χ1n) is 6.67. The first-order valence-corrected chi connectivity index (χ1v) is 7.46. The van der Waals surface area contributed by atoms with Gasteiger partial charge in [-0.15, -0.1) is 0 Å². The zero-order chi connectivity index (χ0) is 13.0. The summed E-state index contributed by atoms with van der Waals surface area (Å²) in [7, 11) is 1.82. The van der Waals surface area contributed by atoms with Crippen molar-refractivity contribution in [3.05, 3.63) is 16.4 Å². The monoisotopic (exact) mass is 313 g/mol. The molecular formula is C13H20BrN3O. The van der Waals surface area contributed by atoms with Crippen LogP contribution in [0.2, 0.25) is 0 Å². The molecule has 1 fully saturated rings. The van der Waals surface area contributed by atoms with Gasteiger partial charge in [-0.1, -0.05) is 32.1 Å². The number of aromatic nitrogens is 2. The largest absolute Gasteiger partial charge is 0.348 e. The first-order chi connectivity index (χ1) is 8.66. The highest BCUT2D eigenvalue weighted by atomic mass is 79.9. The highest BCUT2D eigenvalue weighted by Crippen LogP contribution is 2.19. The lowest BCUT2D eigenvalue weighted by Gasteiger charge is -2.20. The van der Waals surface area contributed by atoms with E-state index in [0.29, 0.717) is 11.7 Å². The number of nitrogens with one attached hydrogen (secondary N) is 1. The molecule has 1 aromatic rings. The van der Waals surface area contributed by atoms with Crippen LogP contribution in [0.3, 0.4) is 0 Å². The third-order valence-corrected chi connectivity index (χ3v) is 4.02. The van der Waals surface area contributed by atoms with Crippen molar-refractivity contribution in [1.29, 1.82) is 0 Å². The van der Waals surface area contributed by atoms with Gasteiger partial charge in [0.15, 0.2) is 5.69 Å². The molecule has 5 heteroatoms. The molecule has 0 saturated heterocycles. The van der Waals surface area contributed by atoms with E-state index in [1.807, 2.05) is 7.05 Å². The van der Waals surface area contributed by atoms with Crippen LogP contribution in [0.1, 0.15) is 55.4 Å². The Morgan fingerprint density at radius 1 is 1.33 bits per heavy atom. The van der Waals surface area contributed by atoms with E-state index in [2.05, 4.69) is 26.3 Å². The zero-order valence-corrected chi connectivity index (χ0v) is 12.4. The quantitative estimate of drug-likeness (QED) is 0.912. The Morgan fingerprint density at radius 3 is 2.50 bits per heavy atom. The Morgan fingerprint density at radius 2 is 1.94 bits per heavy atom. The number of amides is 1. The molecule has 1 heterocycles. The van der Waals surface area contributed by atoms with Crippen LogP contribution in [0.15, 0.2) is 10.7 Å². The minimum atomic E-state index is -0.0620. The van der Waals surface area contributed by atoms with Gasteiger partial charge in [-0.2, -0.15) is 5.10 Å². The Balaban J connectivity index is 1.95. The molecule has 1 aliphatic carbocycles. The van der Waals surface area contributed by atoms with Crippen LogP contribution in [0, 0.1) is 0 Å². The zero-order valence-electron chi connectivity index (χ0n) is 10.8. The third kappa shape index (κ3) is 3.57. The van der Waals surface area contributed by atoms with Crippen LogP contribution in [-0.2, 0) is 7.05 Å². The van der Waals surface area contributed by atoms with Crippen LogP contribution in [0.4, 0.5) is 0 Å². The molecule has 4 nitrogen and oxygen atoms in total. The normalized spacial score (nSPS) is 18.1. The molecule has 100 valence electrons. The Labute approximate surface area is 116 Å². The van der Waals surface area contributed by atoms with Gasteiger partial charge in [-0.3, -0.25) is 9.48 Å². The van der Waals surface area contributed by atoms with E-state index in [1.165, 1.54) is 32.1 Å². The van der Waals surface area contributed by atoms with Crippen molar-refractivity contribution in [2.24, 2.45) is 7.05 Å². The van der Waals surface area contributed by atoms with Crippen LogP contribution >= 0.6 is 15.9 Å². The highest BCUT2D eigenvalue weighted by molar-refractivity contribution is 9.10. The number of rotatable bonds is 2. The Hall–Kier alpha value is -0.840. The summed E-state index contributed by atoms with van der Waals surface area (Å²) in [5, 5.41) is 7.29.